The highest BCUT2D eigenvalue weighted by atomic mass is 16.5. The molecule has 2 unspecified atom stereocenters. The quantitative estimate of drug-likeness (QED) is 0.714. The predicted molar refractivity (Wildman–Crippen MR) is 64.4 cm³/mol. The second kappa shape index (κ2) is 6.86. The van der Waals surface area contributed by atoms with Crippen LogP contribution in [0, 0.1) is 0 Å². The summed E-state index contributed by atoms with van der Waals surface area (Å²) in [5.74, 6) is 0.200. The lowest BCUT2D eigenvalue weighted by Gasteiger charge is -2.31. The van der Waals surface area contributed by atoms with Crippen LogP contribution in [0.3, 0.4) is 0 Å². The van der Waals surface area contributed by atoms with E-state index < -0.39 is 0 Å². The fourth-order valence-electron chi connectivity index (χ4n) is 2.06. The number of likely N-dealkylation sites (N-methyl/N-ethyl adjacent to an activating group) is 1. The smallest absolute Gasteiger partial charge is 0.239 e. The number of nitrogens with one attached hydrogen (secondary N) is 1. The molecule has 1 N–H and O–H groups in total. The van der Waals surface area contributed by atoms with E-state index in [0.717, 1.165) is 12.8 Å². The fraction of sp³-hybridized carbons (Fsp3) is 0.917. The standard InChI is InChI=1S/C12H24N2O2/c1-4-16-9-8-14(3)12(15)11-7-5-6-10(2)13-11/h10-11,13H,4-9H2,1-3H3. The molecule has 1 aliphatic rings. The number of piperidine rings is 1. The average Bonchev–Trinajstić information content (AvgIpc) is 2.28. The second-order valence-corrected chi connectivity index (χ2v) is 4.51. The van der Waals surface area contributed by atoms with Crippen LogP contribution in [0.15, 0.2) is 0 Å². The Morgan fingerprint density at radius 1 is 1.50 bits per heavy atom. The highest BCUT2D eigenvalue weighted by molar-refractivity contribution is 5.81. The summed E-state index contributed by atoms with van der Waals surface area (Å²) in [6, 6.07) is 0.471. The van der Waals surface area contributed by atoms with Gasteiger partial charge in [0.25, 0.3) is 0 Å². The first-order valence-corrected chi connectivity index (χ1v) is 6.24. The number of amides is 1. The van der Waals surface area contributed by atoms with E-state index in [9.17, 15) is 4.79 Å². The van der Waals surface area contributed by atoms with E-state index in [0.29, 0.717) is 25.8 Å². The first-order valence-electron chi connectivity index (χ1n) is 6.24. The normalized spacial score (nSPS) is 25.4. The summed E-state index contributed by atoms with van der Waals surface area (Å²) in [5, 5.41) is 3.36. The molecule has 4 heteroatoms. The largest absolute Gasteiger partial charge is 0.380 e. The van der Waals surface area contributed by atoms with Gasteiger partial charge < -0.3 is 15.0 Å². The lowest BCUT2D eigenvalue weighted by Crippen LogP contribution is -2.51. The van der Waals surface area contributed by atoms with Crippen LogP contribution < -0.4 is 5.32 Å². The van der Waals surface area contributed by atoms with Gasteiger partial charge in [-0.05, 0) is 33.1 Å². The van der Waals surface area contributed by atoms with Gasteiger partial charge in [-0.25, -0.2) is 0 Å². The third kappa shape index (κ3) is 4.10. The van der Waals surface area contributed by atoms with E-state index in [4.69, 9.17) is 4.74 Å². The summed E-state index contributed by atoms with van der Waals surface area (Å²) in [6.45, 7) is 6.12. The molecular weight excluding hydrogens is 204 g/mol. The lowest BCUT2D eigenvalue weighted by molar-refractivity contribution is -0.133. The van der Waals surface area contributed by atoms with Crippen LogP contribution in [-0.2, 0) is 9.53 Å². The van der Waals surface area contributed by atoms with Crippen molar-refractivity contribution in [3.8, 4) is 0 Å². The fourth-order valence-corrected chi connectivity index (χ4v) is 2.06. The highest BCUT2D eigenvalue weighted by Gasteiger charge is 2.26. The van der Waals surface area contributed by atoms with E-state index >= 15 is 0 Å². The SMILES string of the molecule is CCOCCN(C)C(=O)C1CCCC(C)N1. The Balaban J connectivity index is 2.31. The van der Waals surface area contributed by atoms with Crippen LogP contribution in [0.2, 0.25) is 0 Å². The van der Waals surface area contributed by atoms with Crippen LogP contribution in [0.4, 0.5) is 0 Å². The van der Waals surface area contributed by atoms with Crippen molar-refractivity contribution in [2.45, 2.75) is 45.2 Å². The number of rotatable bonds is 5. The van der Waals surface area contributed by atoms with Gasteiger partial charge in [0.1, 0.15) is 0 Å². The number of ether oxygens (including phenoxy) is 1. The van der Waals surface area contributed by atoms with Crippen molar-refractivity contribution >= 4 is 5.91 Å². The second-order valence-electron chi connectivity index (χ2n) is 4.51. The molecule has 0 aliphatic carbocycles. The number of nitrogens with zero attached hydrogens (tertiary/aromatic N) is 1. The maximum atomic E-state index is 12.0. The summed E-state index contributed by atoms with van der Waals surface area (Å²) in [4.78, 5) is 13.8. The Morgan fingerprint density at radius 3 is 2.88 bits per heavy atom. The third-order valence-corrected chi connectivity index (χ3v) is 3.07. The Labute approximate surface area is 98.3 Å². The van der Waals surface area contributed by atoms with Gasteiger partial charge in [0, 0.05) is 26.2 Å². The molecule has 0 aromatic heterocycles. The first-order chi connectivity index (χ1) is 7.65. The summed E-state index contributed by atoms with van der Waals surface area (Å²) in [7, 11) is 1.85. The minimum atomic E-state index is 0.00961. The van der Waals surface area contributed by atoms with Crippen molar-refractivity contribution in [2.75, 3.05) is 26.8 Å². The zero-order chi connectivity index (χ0) is 12.0. The zero-order valence-corrected chi connectivity index (χ0v) is 10.7. The van der Waals surface area contributed by atoms with Gasteiger partial charge in [0.2, 0.25) is 5.91 Å². The summed E-state index contributed by atoms with van der Waals surface area (Å²) >= 11 is 0. The van der Waals surface area contributed by atoms with E-state index in [2.05, 4.69) is 12.2 Å². The van der Waals surface area contributed by atoms with Gasteiger partial charge in [-0.15, -0.1) is 0 Å². The molecule has 1 heterocycles. The highest BCUT2D eigenvalue weighted by Crippen LogP contribution is 2.13. The molecule has 0 saturated carbocycles. The number of carbonyl (C=O) groups is 1. The molecule has 0 bridgehead atoms. The maximum absolute atomic E-state index is 12.0. The van der Waals surface area contributed by atoms with Gasteiger partial charge >= 0.3 is 0 Å². The molecule has 1 saturated heterocycles. The Bertz CT molecular complexity index is 221. The third-order valence-electron chi connectivity index (χ3n) is 3.07. The topological polar surface area (TPSA) is 41.6 Å². The molecule has 4 nitrogen and oxygen atoms in total. The molecule has 0 spiro atoms. The van der Waals surface area contributed by atoms with Crippen LogP contribution in [0.1, 0.15) is 33.1 Å². The van der Waals surface area contributed by atoms with Crippen LogP contribution in [0.25, 0.3) is 0 Å². The minimum Gasteiger partial charge on any atom is -0.380 e. The number of hydrogen-bond acceptors (Lipinski definition) is 3. The Kier molecular flexibility index (Phi) is 5.77. The van der Waals surface area contributed by atoms with E-state index in [1.807, 2.05) is 14.0 Å². The Hall–Kier alpha value is -0.610. The first kappa shape index (κ1) is 13.5. The molecule has 16 heavy (non-hydrogen) atoms. The molecule has 94 valence electrons. The van der Waals surface area contributed by atoms with Crippen molar-refractivity contribution in [1.82, 2.24) is 10.2 Å². The van der Waals surface area contributed by atoms with E-state index in [1.165, 1.54) is 6.42 Å². The van der Waals surface area contributed by atoms with Crippen molar-refractivity contribution < 1.29 is 9.53 Å². The van der Waals surface area contributed by atoms with Crippen LogP contribution in [0.5, 0.6) is 0 Å². The van der Waals surface area contributed by atoms with Crippen molar-refractivity contribution in [2.24, 2.45) is 0 Å². The van der Waals surface area contributed by atoms with E-state index in [1.54, 1.807) is 4.90 Å². The van der Waals surface area contributed by atoms with Gasteiger partial charge in [-0.1, -0.05) is 0 Å². The summed E-state index contributed by atoms with van der Waals surface area (Å²) < 4.78 is 5.25. The number of carbonyl (C=O) groups excluding carboxylic acids is 1. The van der Waals surface area contributed by atoms with Gasteiger partial charge in [-0.2, -0.15) is 0 Å². The predicted octanol–water partition coefficient (Wildman–Crippen LogP) is 1.01. The summed E-state index contributed by atoms with van der Waals surface area (Å²) in [5.41, 5.74) is 0. The minimum absolute atomic E-state index is 0.00961. The molecule has 1 fully saturated rings. The molecule has 1 aliphatic heterocycles. The van der Waals surface area contributed by atoms with Crippen LogP contribution >= 0.6 is 0 Å². The maximum Gasteiger partial charge on any atom is 0.239 e. The van der Waals surface area contributed by atoms with Gasteiger partial charge in [-0.3, -0.25) is 4.79 Å². The zero-order valence-electron chi connectivity index (χ0n) is 10.7. The lowest BCUT2D eigenvalue weighted by atomic mass is 9.99. The molecule has 1 rings (SSSR count). The van der Waals surface area contributed by atoms with Crippen molar-refractivity contribution in [1.29, 1.82) is 0 Å². The van der Waals surface area contributed by atoms with Crippen molar-refractivity contribution in [3.63, 3.8) is 0 Å². The van der Waals surface area contributed by atoms with E-state index in [-0.39, 0.29) is 11.9 Å². The van der Waals surface area contributed by atoms with Gasteiger partial charge in [0.05, 0.1) is 12.6 Å². The van der Waals surface area contributed by atoms with Crippen LogP contribution in [-0.4, -0.2) is 49.7 Å². The average molecular weight is 228 g/mol. The molecular formula is C12H24N2O2. The Morgan fingerprint density at radius 2 is 2.25 bits per heavy atom. The molecule has 2 atom stereocenters. The number of hydrogen-bond donors (Lipinski definition) is 1. The molecule has 0 aromatic carbocycles. The molecule has 0 radical (unpaired) electrons. The van der Waals surface area contributed by atoms with Crippen molar-refractivity contribution in [3.05, 3.63) is 0 Å². The van der Waals surface area contributed by atoms with Gasteiger partial charge in [0.15, 0.2) is 0 Å². The monoisotopic (exact) mass is 228 g/mol. The molecule has 1 amide bonds. The summed E-state index contributed by atoms with van der Waals surface area (Å²) in [6.07, 6.45) is 3.28. The molecule has 0 aromatic rings.